The van der Waals surface area contributed by atoms with Gasteiger partial charge in [0.2, 0.25) is 5.91 Å². The summed E-state index contributed by atoms with van der Waals surface area (Å²) in [6.45, 7) is 5.87. The highest BCUT2D eigenvalue weighted by molar-refractivity contribution is 6.00. The van der Waals surface area contributed by atoms with Crippen LogP contribution >= 0.6 is 0 Å². The molecule has 2 unspecified atom stereocenters. The molecule has 2 aliphatic heterocycles. The Morgan fingerprint density at radius 1 is 0.974 bits per heavy atom. The first-order chi connectivity index (χ1) is 18.4. The highest BCUT2D eigenvalue weighted by Gasteiger charge is 2.36. The van der Waals surface area contributed by atoms with Crippen LogP contribution in [0.2, 0.25) is 0 Å². The maximum absolute atomic E-state index is 13.3. The number of furan rings is 1. The van der Waals surface area contributed by atoms with Crippen molar-refractivity contribution in [2.75, 3.05) is 13.1 Å². The molecule has 7 nitrogen and oxygen atoms in total. The Balaban J connectivity index is 1.16. The summed E-state index contributed by atoms with van der Waals surface area (Å²) in [4.78, 5) is 40.7. The molecule has 2 bridgehead atoms. The molecular weight excluding hydrogens is 480 g/mol. The molecule has 7 heteroatoms. The number of hydrogen-bond donors (Lipinski definition) is 0. The summed E-state index contributed by atoms with van der Waals surface area (Å²) in [5, 5.41) is 2.06. The van der Waals surface area contributed by atoms with E-state index in [0.29, 0.717) is 37.2 Å². The van der Waals surface area contributed by atoms with Crippen molar-refractivity contribution in [1.82, 2.24) is 9.47 Å². The van der Waals surface area contributed by atoms with Crippen molar-refractivity contribution in [3.63, 3.8) is 0 Å². The Hall–Kier alpha value is -3.61. The Morgan fingerprint density at radius 3 is 2.66 bits per heavy atom. The molecular formula is C31H32N2O5. The summed E-state index contributed by atoms with van der Waals surface area (Å²) in [5.41, 5.74) is 5.74. The second-order valence-corrected chi connectivity index (χ2v) is 11.5. The molecule has 3 aliphatic rings. The standard InChI is InChI=1S/C31H32N2O5/c1-17-21(10-11-27(34)32-14-19-12-20(16-32)25-7-5-9-28(35)33(25)15-19)31(36)38-29-18(2)30-24(13-23(17)29)22-6-3-4-8-26(22)37-30/h5,7,9,13,19-20H,3-4,6,8,10-12,14-16H2,1-2H3. The first kappa shape index (κ1) is 23.5. The molecule has 196 valence electrons. The highest BCUT2D eigenvalue weighted by atomic mass is 16.4. The zero-order valence-corrected chi connectivity index (χ0v) is 22.0. The van der Waals surface area contributed by atoms with E-state index in [4.69, 9.17) is 8.83 Å². The topological polar surface area (TPSA) is 85.7 Å². The number of amides is 1. The van der Waals surface area contributed by atoms with Gasteiger partial charge in [-0.15, -0.1) is 0 Å². The number of rotatable bonds is 3. The minimum absolute atomic E-state index is 0.0407. The number of carbonyl (C=O) groups is 1. The van der Waals surface area contributed by atoms with Gasteiger partial charge in [0.25, 0.3) is 5.56 Å². The van der Waals surface area contributed by atoms with Crippen LogP contribution in [0.5, 0.6) is 0 Å². The fraction of sp³-hybridized carbons (Fsp3) is 0.452. The molecule has 3 aromatic heterocycles. The van der Waals surface area contributed by atoms with Crippen LogP contribution in [0.15, 0.2) is 42.7 Å². The van der Waals surface area contributed by atoms with Gasteiger partial charge in [-0.1, -0.05) is 6.07 Å². The molecule has 0 radical (unpaired) electrons. The first-order valence-electron chi connectivity index (χ1n) is 13.9. The maximum atomic E-state index is 13.3. The van der Waals surface area contributed by atoms with Crippen molar-refractivity contribution in [2.45, 2.75) is 71.3 Å². The summed E-state index contributed by atoms with van der Waals surface area (Å²) in [5.74, 6) is 1.58. The molecule has 1 saturated heterocycles. The minimum Gasteiger partial charge on any atom is -0.460 e. The van der Waals surface area contributed by atoms with E-state index in [2.05, 4.69) is 6.07 Å². The highest BCUT2D eigenvalue weighted by Crippen LogP contribution is 2.38. The number of likely N-dealkylation sites (tertiary alicyclic amines) is 1. The number of benzene rings is 1. The molecule has 1 aliphatic carbocycles. The van der Waals surface area contributed by atoms with Crippen molar-refractivity contribution >= 4 is 27.8 Å². The Kier molecular flexibility index (Phi) is 5.39. The molecule has 1 fully saturated rings. The summed E-state index contributed by atoms with van der Waals surface area (Å²) in [6.07, 6.45) is 5.90. The van der Waals surface area contributed by atoms with Crippen LogP contribution in [-0.4, -0.2) is 28.5 Å². The quantitative estimate of drug-likeness (QED) is 0.369. The van der Waals surface area contributed by atoms with Gasteiger partial charge in [0.05, 0.1) is 0 Å². The number of hydrogen-bond acceptors (Lipinski definition) is 5. The van der Waals surface area contributed by atoms with Gasteiger partial charge in [0, 0.05) is 77.6 Å². The Labute approximate surface area is 220 Å². The van der Waals surface area contributed by atoms with Crippen LogP contribution < -0.4 is 11.2 Å². The summed E-state index contributed by atoms with van der Waals surface area (Å²) < 4.78 is 14.0. The van der Waals surface area contributed by atoms with E-state index < -0.39 is 0 Å². The van der Waals surface area contributed by atoms with Crippen molar-refractivity contribution in [3.8, 4) is 0 Å². The fourth-order valence-corrected chi connectivity index (χ4v) is 7.20. The normalized spacial score (nSPS) is 20.5. The second-order valence-electron chi connectivity index (χ2n) is 11.5. The van der Waals surface area contributed by atoms with Gasteiger partial charge in [-0.05, 0) is 69.6 Å². The largest absolute Gasteiger partial charge is 0.460 e. The lowest BCUT2D eigenvalue weighted by atomic mass is 9.83. The molecule has 1 aromatic carbocycles. The average molecular weight is 513 g/mol. The zero-order valence-electron chi connectivity index (χ0n) is 22.0. The van der Waals surface area contributed by atoms with E-state index in [0.717, 1.165) is 71.0 Å². The van der Waals surface area contributed by atoms with Crippen LogP contribution in [0.4, 0.5) is 0 Å². The Bertz CT molecular complexity index is 1740. The van der Waals surface area contributed by atoms with Crippen molar-refractivity contribution in [3.05, 3.63) is 78.7 Å². The molecule has 5 heterocycles. The minimum atomic E-state index is -0.370. The number of aromatic nitrogens is 1. The van der Waals surface area contributed by atoms with E-state index >= 15 is 0 Å². The lowest BCUT2D eigenvalue weighted by molar-refractivity contribution is -0.133. The smallest absolute Gasteiger partial charge is 0.339 e. The first-order valence-corrected chi connectivity index (χ1v) is 13.9. The van der Waals surface area contributed by atoms with Gasteiger partial charge >= 0.3 is 5.63 Å². The lowest BCUT2D eigenvalue weighted by Gasteiger charge is -2.42. The number of fused-ring (bicyclic) bond motifs is 8. The van der Waals surface area contributed by atoms with Gasteiger partial charge in [0.15, 0.2) is 0 Å². The van der Waals surface area contributed by atoms with E-state index in [1.165, 1.54) is 5.56 Å². The van der Waals surface area contributed by atoms with Gasteiger partial charge < -0.3 is 18.3 Å². The summed E-state index contributed by atoms with van der Waals surface area (Å²) in [7, 11) is 0. The van der Waals surface area contributed by atoms with E-state index in [9.17, 15) is 14.4 Å². The molecule has 0 N–H and O–H groups in total. The van der Waals surface area contributed by atoms with Gasteiger partial charge in [-0.25, -0.2) is 4.79 Å². The third-order valence-electron chi connectivity index (χ3n) is 9.15. The summed E-state index contributed by atoms with van der Waals surface area (Å²) >= 11 is 0. The van der Waals surface area contributed by atoms with Crippen molar-refractivity contribution < 1.29 is 13.6 Å². The van der Waals surface area contributed by atoms with Crippen LogP contribution in [0.25, 0.3) is 21.9 Å². The number of aryl methyl sites for hydroxylation is 4. The van der Waals surface area contributed by atoms with Gasteiger partial charge in [-0.2, -0.15) is 0 Å². The molecule has 2 atom stereocenters. The van der Waals surface area contributed by atoms with E-state index in [-0.39, 0.29) is 35.3 Å². The van der Waals surface area contributed by atoms with Crippen molar-refractivity contribution in [1.29, 1.82) is 0 Å². The molecule has 4 aromatic rings. The molecule has 1 amide bonds. The van der Waals surface area contributed by atoms with E-state index in [1.807, 2.05) is 35.4 Å². The molecule has 38 heavy (non-hydrogen) atoms. The van der Waals surface area contributed by atoms with Gasteiger partial charge in [0.1, 0.15) is 16.9 Å². The van der Waals surface area contributed by atoms with Crippen molar-refractivity contribution in [2.24, 2.45) is 5.92 Å². The predicted octanol–water partition coefficient (Wildman–Crippen LogP) is 4.78. The third kappa shape index (κ3) is 3.58. The maximum Gasteiger partial charge on any atom is 0.339 e. The zero-order chi connectivity index (χ0) is 26.1. The SMILES string of the molecule is Cc1c(CCC(=O)N2CC3CC(C2)c2cccc(=O)n2C3)c(=O)oc2c(C)c3oc4c(c3cc12)CCCC4. The summed E-state index contributed by atoms with van der Waals surface area (Å²) in [6, 6.07) is 7.56. The number of nitrogens with zero attached hydrogens (tertiary/aromatic N) is 2. The van der Waals surface area contributed by atoms with Crippen LogP contribution in [0, 0.1) is 19.8 Å². The number of carbonyl (C=O) groups excluding carboxylic acids is 1. The van der Waals surface area contributed by atoms with E-state index in [1.54, 1.807) is 6.07 Å². The third-order valence-corrected chi connectivity index (χ3v) is 9.15. The molecule has 0 saturated carbocycles. The second kappa shape index (κ2) is 8.72. The Morgan fingerprint density at radius 2 is 1.79 bits per heavy atom. The molecule has 7 rings (SSSR count). The number of piperidine rings is 1. The molecule has 0 spiro atoms. The predicted molar refractivity (Wildman–Crippen MR) is 145 cm³/mol. The monoisotopic (exact) mass is 512 g/mol. The van der Waals surface area contributed by atoms with Gasteiger partial charge in [-0.3, -0.25) is 9.59 Å². The number of pyridine rings is 1. The van der Waals surface area contributed by atoms with Crippen LogP contribution in [-0.2, 0) is 30.6 Å². The fourth-order valence-electron chi connectivity index (χ4n) is 7.20. The van der Waals surface area contributed by atoms with Crippen LogP contribution in [0.1, 0.15) is 65.3 Å². The lowest BCUT2D eigenvalue weighted by Crippen LogP contribution is -2.49. The van der Waals surface area contributed by atoms with Crippen LogP contribution in [0.3, 0.4) is 0 Å². The average Bonchev–Trinajstić information content (AvgIpc) is 3.29.